The molecular weight excluding hydrogens is 289 g/mol. The average Bonchev–Trinajstić information content (AvgIpc) is 2.63. The zero-order chi connectivity index (χ0) is 13.3. The highest BCUT2D eigenvalue weighted by Gasteiger charge is 2.13. The van der Waals surface area contributed by atoms with Crippen LogP contribution in [0.4, 0.5) is 5.69 Å². The maximum atomic E-state index is 12.1. The van der Waals surface area contributed by atoms with Gasteiger partial charge in [-0.3, -0.25) is 4.79 Å². The van der Waals surface area contributed by atoms with Crippen molar-refractivity contribution in [2.75, 3.05) is 5.32 Å². The van der Waals surface area contributed by atoms with E-state index < -0.39 is 0 Å². The normalized spacial score (nSPS) is 10.4. The third-order valence-electron chi connectivity index (χ3n) is 2.46. The van der Waals surface area contributed by atoms with Gasteiger partial charge in [-0.1, -0.05) is 23.2 Å². The molecule has 1 heterocycles. The second-order valence-corrected chi connectivity index (χ2v) is 6.21. The first kappa shape index (κ1) is 13.4. The minimum absolute atomic E-state index is 0.166. The zero-order valence-corrected chi connectivity index (χ0v) is 12.2. The van der Waals surface area contributed by atoms with Gasteiger partial charge in [0.25, 0.3) is 5.91 Å². The Hall–Kier alpha value is -1.03. The smallest absolute Gasteiger partial charge is 0.256 e. The third kappa shape index (κ3) is 2.86. The highest BCUT2D eigenvalue weighted by atomic mass is 35.5. The third-order valence-corrected chi connectivity index (χ3v) is 3.99. The van der Waals surface area contributed by atoms with Crippen molar-refractivity contribution in [3.05, 3.63) is 49.6 Å². The molecule has 94 valence electrons. The number of carbonyl (C=O) groups excluding carboxylic acids is 1. The molecule has 0 aliphatic rings. The molecule has 1 aromatic carbocycles. The number of anilines is 1. The van der Waals surface area contributed by atoms with E-state index in [9.17, 15) is 4.79 Å². The highest BCUT2D eigenvalue weighted by Crippen LogP contribution is 2.27. The number of benzene rings is 1. The number of nitrogens with one attached hydrogen (secondary N) is 1. The average molecular weight is 300 g/mol. The van der Waals surface area contributed by atoms with Gasteiger partial charge in [-0.2, -0.15) is 0 Å². The van der Waals surface area contributed by atoms with Gasteiger partial charge >= 0.3 is 0 Å². The van der Waals surface area contributed by atoms with Crippen molar-refractivity contribution in [1.29, 1.82) is 0 Å². The summed E-state index contributed by atoms with van der Waals surface area (Å²) in [4.78, 5) is 14.2. The number of aryl methyl sites for hydroxylation is 2. The standard InChI is InChI=1S/C13H11Cl2NOS/c1-7-5-10(8(2)18-7)13(17)16-12-6-9(14)3-4-11(12)15/h3-6H,1-2H3,(H,16,17). The Morgan fingerprint density at radius 2 is 1.94 bits per heavy atom. The summed E-state index contributed by atoms with van der Waals surface area (Å²) in [5, 5.41) is 3.78. The van der Waals surface area contributed by atoms with Crippen LogP contribution in [0.3, 0.4) is 0 Å². The Morgan fingerprint density at radius 3 is 2.56 bits per heavy atom. The molecule has 18 heavy (non-hydrogen) atoms. The molecule has 1 amide bonds. The van der Waals surface area contributed by atoms with Gasteiger partial charge < -0.3 is 5.32 Å². The van der Waals surface area contributed by atoms with E-state index in [-0.39, 0.29) is 5.91 Å². The molecule has 2 nitrogen and oxygen atoms in total. The molecule has 2 aromatic rings. The molecular formula is C13H11Cl2NOS. The summed E-state index contributed by atoms with van der Waals surface area (Å²) in [6, 6.07) is 6.84. The van der Waals surface area contributed by atoms with E-state index in [1.807, 2.05) is 19.9 Å². The van der Waals surface area contributed by atoms with Gasteiger partial charge in [0.05, 0.1) is 16.3 Å². The van der Waals surface area contributed by atoms with E-state index in [0.29, 0.717) is 21.3 Å². The second-order valence-electron chi connectivity index (χ2n) is 3.91. The molecule has 0 saturated carbocycles. The van der Waals surface area contributed by atoms with Crippen molar-refractivity contribution in [2.24, 2.45) is 0 Å². The quantitative estimate of drug-likeness (QED) is 0.837. The van der Waals surface area contributed by atoms with Crippen LogP contribution >= 0.6 is 34.5 Å². The summed E-state index contributed by atoms with van der Waals surface area (Å²) in [7, 11) is 0. The summed E-state index contributed by atoms with van der Waals surface area (Å²) < 4.78 is 0. The molecule has 0 aliphatic heterocycles. The Bertz CT molecular complexity index is 607. The molecule has 0 atom stereocenters. The summed E-state index contributed by atoms with van der Waals surface area (Å²) in [6.07, 6.45) is 0. The van der Waals surface area contributed by atoms with Gasteiger partial charge in [0.2, 0.25) is 0 Å². The molecule has 5 heteroatoms. The molecule has 0 spiro atoms. The van der Waals surface area contributed by atoms with E-state index in [1.165, 1.54) is 0 Å². The van der Waals surface area contributed by atoms with Crippen LogP contribution in [0.15, 0.2) is 24.3 Å². The zero-order valence-electron chi connectivity index (χ0n) is 9.88. The minimum Gasteiger partial charge on any atom is -0.321 e. The van der Waals surface area contributed by atoms with Crippen LogP contribution in [-0.2, 0) is 0 Å². The lowest BCUT2D eigenvalue weighted by Gasteiger charge is -2.07. The number of thiophene rings is 1. The Kier molecular flexibility index (Phi) is 3.95. The number of halogens is 2. The van der Waals surface area contributed by atoms with Crippen LogP contribution in [0.2, 0.25) is 10.0 Å². The van der Waals surface area contributed by atoms with E-state index in [1.54, 1.807) is 29.5 Å². The first-order valence-electron chi connectivity index (χ1n) is 5.31. The van der Waals surface area contributed by atoms with Gasteiger partial charge in [0.1, 0.15) is 0 Å². The molecule has 0 aliphatic carbocycles. The number of hydrogen-bond acceptors (Lipinski definition) is 2. The van der Waals surface area contributed by atoms with Crippen LogP contribution in [0, 0.1) is 13.8 Å². The Labute approximate surface area is 120 Å². The lowest BCUT2D eigenvalue weighted by Crippen LogP contribution is -2.12. The molecule has 1 N–H and O–H groups in total. The SMILES string of the molecule is Cc1cc(C(=O)Nc2cc(Cl)ccc2Cl)c(C)s1. The van der Waals surface area contributed by atoms with Crippen molar-refractivity contribution >= 4 is 46.1 Å². The van der Waals surface area contributed by atoms with Crippen molar-refractivity contribution < 1.29 is 4.79 Å². The first-order valence-corrected chi connectivity index (χ1v) is 6.88. The maximum Gasteiger partial charge on any atom is 0.256 e. The summed E-state index contributed by atoms with van der Waals surface area (Å²) in [6.45, 7) is 3.90. The van der Waals surface area contributed by atoms with Gasteiger partial charge in [0.15, 0.2) is 0 Å². The van der Waals surface area contributed by atoms with Crippen molar-refractivity contribution in [3.8, 4) is 0 Å². The summed E-state index contributed by atoms with van der Waals surface area (Å²) in [5.74, 6) is -0.166. The summed E-state index contributed by atoms with van der Waals surface area (Å²) in [5.41, 5.74) is 1.20. The van der Waals surface area contributed by atoms with Crippen molar-refractivity contribution in [1.82, 2.24) is 0 Å². The lowest BCUT2D eigenvalue weighted by molar-refractivity contribution is 0.102. The van der Waals surface area contributed by atoms with Gasteiger partial charge in [-0.25, -0.2) is 0 Å². The van der Waals surface area contributed by atoms with Crippen LogP contribution in [0.1, 0.15) is 20.1 Å². The molecule has 0 bridgehead atoms. The van der Waals surface area contributed by atoms with Crippen molar-refractivity contribution in [2.45, 2.75) is 13.8 Å². The van der Waals surface area contributed by atoms with Crippen LogP contribution in [0.25, 0.3) is 0 Å². The number of amides is 1. The topological polar surface area (TPSA) is 29.1 Å². The van der Waals surface area contributed by atoms with E-state index in [4.69, 9.17) is 23.2 Å². The maximum absolute atomic E-state index is 12.1. The van der Waals surface area contributed by atoms with Gasteiger partial charge in [0, 0.05) is 14.8 Å². The predicted molar refractivity (Wildman–Crippen MR) is 78.2 cm³/mol. The van der Waals surface area contributed by atoms with Crippen molar-refractivity contribution in [3.63, 3.8) is 0 Å². The minimum atomic E-state index is -0.166. The number of carbonyl (C=O) groups is 1. The van der Waals surface area contributed by atoms with Gasteiger partial charge in [-0.05, 0) is 38.1 Å². The number of hydrogen-bond donors (Lipinski definition) is 1. The Balaban J connectivity index is 2.26. The molecule has 1 aromatic heterocycles. The molecule has 0 radical (unpaired) electrons. The van der Waals surface area contributed by atoms with Crippen LogP contribution in [-0.4, -0.2) is 5.91 Å². The fraction of sp³-hybridized carbons (Fsp3) is 0.154. The molecule has 0 fully saturated rings. The molecule has 2 rings (SSSR count). The van der Waals surface area contributed by atoms with Gasteiger partial charge in [-0.15, -0.1) is 11.3 Å². The van der Waals surface area contributed by atoms with Crippen LogP contribution in [0.5, 0.6) is 0 Å². The second kappa shape index (κ2) is 5.31. The lowest BCUT2D eigenvalue weighted by atomic mass is 10.2. The number of rotatable bonds is 2. The first-order chi connectivity index (χ1) is 8.47. The molecule has 0 saturated heterocycles. The van der Waals surface area contributed by atoms with E-state index in [2.05, 4.69) is 5.32 Å². The Morgan fingerprint density at radius 1 is 1.22 bits per heavy atom. The monoisotopic (exact) mass is 299 g/mol. The highest BCUT2D eigenvalue weighted by molar-refractivity contribution is 7.12. The van der Waals surface area contributed by atoms with Crippen LogP contribution < -0.4 is 5.32 Å². The summed E-state index contributed by atoms with van der Waals surface area (Å²) >= 11 is 13.5. The fourth-order valence-corrected chi connectivity index (χ4v) is 2.90. The largest absolute Gasteiger partial charge is 0.321 e. The van der Waals surface area contributed by atoms with E-state index >= 15 is 0 Å². The predicted octanol–water partition coefficient (Wildman–Crippen LogP) is 4.92. The van der Waals surface area contributed by atoms with E-state index in [0.717, 1.165) is 9.75 Å². The fourth-order valence-electron chi connectivity index (χ4n) is 1.64. The molecule has 0 unspecified atom stereocenters.